The highest BCUT2D eigenvalue weighted by molar-refractivity contribution is 7.90. The summed E-state index contributed by atoms with van der Waals surface area (Å²) in [5.74, 6) is -0.960. The molecular weight excluding hydrogens is 296 g/mol. The van der Waals surface area contributed by atoms with E-state index in [0.29, 0.717) is 6.42 Å². The van der Waals surface area contributed by atoms with Gasteiger partial charge in [0, 0.05) is 12.8 Å². The minimum absolute atomic E-state index is 0.0381. The van der Waals surface area contributed by atoms with E-state index in [1.165, 1.54) is 0 Å². The van der Waals surface area contributed by atoms with E-state index in [0.717, 1.165) is 11.8 Å². The Balaban J connectivity index is 2.61. The van der Waals surface area contributed by atoms with Crippen LogP contribution in [0.3, 0.4) is 0 Å². The largest absolute Gasteiger partial charge is 0.392 e. The molecule has 1 rings (SSSR count). The lowest BCUT2D eigenvalue weighted by atomic mass is 9.98. The van der Waals surface area contributed by atoms with Gasteiger partial charge in [-0.25, -0.2) is 8.42 Å². The van der Waals surface area contributed by atoms with E-state index >= 15 is 0 Å². The number of nitrogens with one attached hydrogen (secondary N) is 1. The standard InChI is InChI=1S/C13H18N2O3S2/c1-20(17,18)9-5-8-15-13(16)11(12(14)19)10-6-3-2-4-7-10/h2-4,6-7,11H,5,8-9H2,1H3,(H2,14,19)(H,15,16). The summed E-state index contributed by atoms with van der Waals surface area (Å²) in [7, 11) is -3.01. The number of sulfone groups is 1. The van der Waals surface area contributed by atoms with E-state index in [-0.39, 0.29) is 23.2 Å². The smallest absolute Gasteiger partial charge is 0.234 e. The van der Waals surface area contributed by atoms with Crippen LogP contribution >= 0.6 is 12.2 Å². The number of carbonyl (C=O) groups is 1. The molecule has 20 heavy (non-hydrogen) atoms. The highest BCUT2D eigenvalue weighted by Crippen LogP contribution is 2.16. The first-order valence-electron chi connectivity index (χ1n) is 6.11. The summed E-state index contributed by atoms with van der Waals surface area (Å²) in [6.45, 7) is 0.276. The molecule has 5 nitrogen and oxygen atoms in total. The van der Waals surface area contributed by atoms with E-state index in [1.54, 1.807) is 24.3 Å². The average molecular weight is 314 g/mol. The average Bonchev–Trinajstić information content (AvgIpc) is 2.34. The van der Waals surface area contributed by atoms with Gasteiger partial charge in [-0.2, -0.15) is 0 Å². The molecule has 7 heteroatoms. The second-order valence-corrected chi connectivity index (χ2v) is 7.25. The van der Waals surface area contributed by atoms with Crippen LogP contribution in [0.1, 0.15) is 17.9 Å². The Hall–Kier alpha value is -1.47. The summed E-state index contributed by atoms with van der Waals surface area (Å²) in [5.41, 5.74) is 6.34. The van der Waals surface area contributed by atoms with Gasteiger partial charge < -0.3 is 11.1 Å². The topological polar surface area (TPSA) is 89.3 Å². The molecule has 0 saturated carbocycles. The summed E-state index contributed by atoms with van der Waals surface area (Å²) in [6.07, 6.45) is 1.53. The van der Waals surface area contributed by atoms with Crippen molar-refractivity contribution in [2.24, 2.45) is 5.73 Å². The highest BCUT2D eigenvalue weighted by Gasteiger charge is 2.22. The van der Waals surface area contributed by atoms with E-state index in [2.05, 4.69) is 5.32 Å². The van der Waals surface area contributed by atoms with Gasteiger partial charge in [0.1, 0.15) is 15.8 Å². The van der Waals surface area contributed by atoms with Gasteiger partial charge in [-0.3, -0.25) is 4.79 Å². The van der Waals surface area contributed by atoms with Gasteiger partial charge in [0.05, 0.1) is 10.7 Å². The van der Waals surface area contributed by atoms with Crippen LogP contribution in [0.2, 0.25) is 0 Å². The number of benzene rings is 1. The first-order chi connectivity index (χ1) is 9.31. The lowest BCUT2D eigenvalue weighted by Gasteiger charge is -2.15. The van der Waals surface area contributed by atoms with Crippen LogP contribution in [-0.2, 0) is 14.6 Å². The zero-order valence-corrected chi connectivity index (χ0v) is 12.8. The third-order valence-electron chi connectivity index (χ3n) is 2.67. The molecule has 0 fully saturated rings. The zero-order chi connectivity index (χ0) is 15.2. The van der Waals surface area contributed by atoms with Gasteiger partial charge in [0.2, 0.25) is 5.91 Å². The van der Waals surface area contributed by atoms with E-state index < -0.39 is 15.8 Å². The van der Waals surface area contributed by atoms with Crippen molar-refractivity contribution in [2.45, 2.75) is 12.3 Å². The van der Waals surface area contributed by atoms with Crippen LogP contribution in [0.5, 0.6) is 0 Å². The fraction of sp³-hybridized carbons (Fsp3) is 0.385. The number of carbonyl (C=O) groups excluding carboxylic acids is 1. The molecule has 0 heterocycles. The molecule has 0 saturated heterocycles. The minimum Gasteiger partial charge on any atom is -0.392 e. The predicted molar refractivity (Wildman–Crippen MR) is 83.3 cm³/mol. The summed E-state index contributed by atoms with van der Waals surface area (Å²) >= 11 is 4.93. The van der Waals surface area contributed by atoms with Crippen LogP contribution in [0.4, 0.5) is 0 Å². The molecule has 1 amide bonds. The molecule has 0 aliphatic rings. The number of hydrogen-bond donors (Lipinski definition) is 2. The maximum absolute atomic E-state index is 12.1. The number of thiocarbonyl (C=S) groups is 1. The fourth-order valence-corrected chi connectivity index (χ4v) is 2.65. The monoisotopic (exact) mass is 314 g/mol. The van der Waals surface area contributed by atoms with Gasteiger partial charge >= 0.3 is 0 Å². The molecule has 0 aliphatic carbocycles. The van der Waals surface area contributed by atoms with Crippen molar-refractivity contribution in [2.75, 3.05) is 18.6 Å². The molecule has 0 radical (unpaired) electrons. The van der Waals surface area contributed by atoms with Crippen LogP contribution in [0, 0.1) is 0 Å². The molecule has 1 unspecified atom stereocenters. The number of rotatable bonds is 7. The molecule has 1 aromatic rings. The van der Waals surface area contributed by atoms with E-state index in [4.69, 9.17) is 18.0 Å². The van der Waals surface area contributed by atoms with Gasteiger partial charge in [0.25, 0.3) is 0 Å². The normalized spacial score (nSPS) is 12.7. The van der Waals surface area contributed by atoms with Crippen molar-refractivity contribution in [3.05, 3.63) is 35.9 Å². The minimum atomic E-state index is -3.01. The van der Waals surface area contributed by atoms with Gasteiger partial charge in [0.15, 0.2) is 0 Å². The SMILES string of the molecule is CS(=O)(=O)CCCNC(=O)C(C(N)=S)c1ccccc1. The van der Waals surface area contributed by atoms with Crippen molar-refractivity contribution in [1.82, 2.24) is 5.32 Å². The fourth-order valence-electron chi connectivity index (χ4n) is 1.74. The van der Waals surface area contributed by atoms with Gasteiger partial charge in [-0.15, -0.1) is 0 Å². The Morgan fingerprint density at radius 2 is 1.95 bits per heavy atom. The number of hydrogen-bond acceptors (Lipinski definition) is 4. The molecule has 3 N–H and O–H groups in total. The van der Waals surface area contributed by atoms with Crippen LogP contribution in [0.15, 0.2) is 30.3 Å². The third kappa shape index (κ3) is 5.66. The van der Waals surface area contributed by atoms with Crippen molar-refractivity contribution in [1.29, 1.82) is 0 Å². The quantitative estimate of drug-likeness (QED) is 0.568. The van der Waals surface area contributed by atoms with Crippen LogP contribution in [0.25, 0.3) is 0 Å². The lowest BCUT2D eigenvalue weighted by Crippen LogP contribution is -2.37. The Morgan fingerprint density at radius 1 is 1.35 bits per heavy atom. The van der Waals surface area contributed by atoms with E-state index in [1.807, 2.05) is 6.07 Å². The summed E-state index contributed by atoms with van der Waals surface area (Å²) in [6, 6.07) is 9.00. The van der Waals surface area contributed by atoms with Crippen molar-refractivity contribution >= 4 is 33.0 Å². The molecule has 0 aliphatic heterocycles. The van der Waals surface area contributed by atoms with Crippen molar-refractivity contribution in [3.8, 4) is 0 Å². The first-order valence-corrected chi connectivity index (χ1v) is 8.58. The number of amides is 1. The summed E-state index contributed by atoms with van der Waals surface area (Å²) < 4.78 is 22.0. The molecule has 0 spiro atoms. The zero-order valence-electron chi connectivity index (χ0n) is 11.2. The number of nitrogens with two attached hydrogens (primary N) is 1. The van der Waals surface area contributed by atoms with Gasteiger partial charge in [-0.1, -0.05) is 42.5 Å². The predicted octanol–water partition coefficient (Wildman–Crippen LogP) is 0.607. The maximum Gasteiger partial charge on any atom is 0.234 e. The molecule has 1 aromatic carbocycles. The summed E-state index contributed by atoms with van der Waals surface area (Å²) in [5, 5.41) is 2.66. The van der Waals surface area contributed by atoms with Crippen LogP contribution in [-0.4, -0.2) is 37.9 Å². The van der Waals surface area contributed by atoms with E-state index in [9.17, 15) is 13.2 Å². The van der Waals surface area contributed by atoms with Gasteiger partial charge in [-0.05, 0) is 12.0 Å². The Kier molecular flexibility index (Phi) is 6.09. The Labute approximate surface area is 124 Å². The molecule has 0 aromatic heterocycles. The molecular formula is C13H18N2O3S2. The Bertz CT molecular complexity index is 571. The third-order valence-corrected chi connectivity index (χ3v) is 3.94. The molecule has 1 atom stereocenters. The maximum atomic E-state index is 12.1. The van der Waals surface area contributed by atoms with Crippen LogP contribution < -0.4 is 11.1 Å². The Morgan fingerprint density at radius 3 is 2.45 bits per heavy atom. The highest BCUT2D eigenvalue weighted by atomic mass is 32.2. The molecule has 110 valence electrons. The summed E-state index contributed by atoms with van der Waals surface area (Å²) in [4.78, 5) is 12.2. The van der Waals surface area contributed by atoms with Crippen molar-refractivity contribution < 1.29 is 13.2 Å². The second kappa shape index (κ2) is 7.35. The second-order valence-electron chi connectivity index (χ2n) is 4.52. The van der Waals surface area contributed by atoms with Crippen molar-refractivity contribution in [3.63, 3.8) is 0 Å². The molecule has 0 bridgehead atoms. The first kappa shape index (κ1) is 16.6. The lowest BCUT2D eigenvalue weighted by molar-refractivity contribution is -0.121.